The van der Waals surface area contributed by atoms with Gasteiger partial charge in [-0.3, -0.25) is 4.79 Å². The summed E-state index contributed by atoms with van der Waals surface area (Å²) in [6.07, 6.45) is 6.48. The molecule has 2 fully saturated rings. The first-order valence-electron chi connectivity index (χ1n) is 8.65. The highest BCUT2D eigenvalue weighted by atomic mass is 16.5. The number of hydrogen-bond acceptors (Lipinski definition) is 6. The van der Waals surface area contributed by atoms with E-state index in [9.17, 15) is 4.79 Å². The number of benzene rings is 1. The van der Waals surface area contributed by atoms with Crippen LogP contribution in [0.5, 0.6) is 11.5 Å². The molecule has 25 heavy (non-hydrogen) atoms. The molecule has 4 rings (SSSR count). The monoisotopic (exact) mass is 338 g/mol. The van der Waals surface area contributed by atoms with E-state index in [1.54, 1.807) is 24.7 Å². The number of anilines is 1. The van der Waals surface area contributed by atoms with Gasteiger partial charge < -0.3 is 14.5 Å². The second-order valence-electron chi connectivity index (χ2n) is 7.13. The van der Waals surface area contributed by atoms with Gasteiger partial charge in [-0.15, -0.1) is 0 Å². The summed E-state index contributed by atoms with van der Waals surface area (Å²) in [4.78, 5) is 24.4. The van der Waals surface area contributed by atoms with Gasteiger partial charge in [-0.25, -0.2) is 9.97 Å². The van der Waals surface area contributed by atoms with Crippen LogP contribution < -0.4 is 9.64 Å². The first-order chi connectivity index (χ1) is 12.2. The molecule has 0 amide bonds. The van der Waals surface area contributed by atoms with E-state index in [1.165, 1.54) is 12.8 Å². The van der Waals surface area contributed by atoms with Crippen molar-refractivity contribution in [2.24, 2.45) is 5.41 Å². The summed E-state index contributed by atoms with van der Waals surface area (Å²) in [5.74, 6) is 1.93. The second-order valence-corrected chi connectivity index (χ2v) is 7.13. The van der Waals surface area contributed by atoms with Gasteiger partial charge in [0.15, 0.2) is 17.9 Å². The Kier molecular flexibility index (Phi) is 4.13. The summed E-state index contributed by atoms with van der Waals surface area (Å²) in [7, 11) is 2.18. The Morgan fingerprint density at radius 2 is 1.92 bits per heavy atom. The molecule has 6 heteroatoms. The van der Waals surface area contributed by atoms with Gasteiger partial charge in [0, 0.05) is 18.5 Å². The maximum absolute atomic E-state index is 11.2. The Morgan fingerprint density at radius 1 is 1.16 bits per heavy atom. The second kappa shape index (κ2) is 6.44. The van der Waals surface area contributed by atoms with E-state index in [0.29, 0.717) is 22.5 Å². The molecule has 130 valence electrons. The molecule has 0 N–H and O–H groups in total. The van der Waals surface area contributed by atoms with E-state index in [4.69, 9.17) is 4.74 Å². The van der Waals surface area contributed by atoms with Crippen molar-refractivity contribution in [3.8, 4) is 11.5 Å². The zero-order valence-electron chi connectivity index (χ0n) is 14.4. The molecule has 0 atom stereocenters. The first kappa shape index (κ1) is 16.0. The predicted octanol–water partition coefficient (Wildman–Crippen LogP) is 2.61. The van der Waals surface area contributed by atoms with Crippen LogP contribution in [0.3, 0.4) is 0 Å². The molecule has 6 nitrogen and oxygen atoms in total. The van der Waals surface area contributed by atoms with E-state index < -0.39 is 0 Å². The zero-order valence-corrected chi connectivity index (χ0v) is 14.4. The van der Waals surface area contributed by atoms with Crippen LogP contribution in [-0.2, 0) is 0 Å². The average Bonchev–Trinajstić information content (AvgIpc) is 2.62. The minimum Gasteiger partial charge on any atom is -0.451 e. The van der Waals surface area contributed by atoms with Crippen LogP contribution in [0.25, 0.3) is 0 Å². The number of nitrogens with zero attached hydrogens (tertiary/aromatic N) is 4. The minimum atomic E-state index is 0.412. The molecule has 2 saturated heterocycles. The fourth-order valence-electron chi connectivity index (χ4n) is 3.73. The SMILES string of the molecule is CN1CCC2(CC1)CN(c1ncncc1Oc1ccccc1C=O)C2. The van der Waals surface area contributed by atoms with Gasteiger partial charge in [0.25, 0.3) is 0 Å². The topological polar surface area (TPSA) is 58.6 Å². The molecule has 2 aromatic rings. The molecule has 1 aromatic carbocycles. The van der Waals surface area contributed by atoms with Crippen LogP contribution in [0.4, 0.5) is 5.82 Å². The molecule has 0 saturated carbocycles. The van der Waals surface area contributed by atoms with Crippen molar-refractivity contribution in [3.05, 3.63) is 42.4 Å². The van der Waals surface area contributed by atoms with Crippen LogP contribution in [-0.4, -0.2) is 54.4 Å². The Morgan fingerprint density at radius 3 is 2.68 bits per heavy atom. The highest BCUT2D eigenvalue weighted by molar-refractivity contribution is 5.79. The lowest BCUT2D eigenvalue weighted by molar-refractivity contribution is 0.0897. The third kappa shape index (κ3) is 3.09. The van der Waals surface area contributed by atoms with E-state index in [1.807, 2.05) is 12.1 Å². The quantitative estimate of drug-likeness (QED) is 0.799. The Hall–Kier alpha value is -2.47. The number of para-hydroxylation sites is 1. The van der Waals surface area contributed by atoms with Crippen LogP contribution in [0.15, 0.2) is 36.8 Å². The molecular weight excluding hydrogens is 316 g/mol. The van der Waals surface area contributed by atoms with E-state index in [2.05, 4.69) is 26.8 Å². The molecule has 0 unspecified atom stereocenters. The number of hydrogen-bond donors (Lipinski definition) is 0. The summed E-state index contributed by atoms with van der Waals surface area (Å²) in [6.45, 7) is 4.33. The molecule has 2 aliphatic heterocycles. The molecule has 3 heterocycles. The molecule has 0 bridgehead atoms. The molecule has 1 spiro atoms. The summed E-state index contributed by atoms with van der Waals surface area (Å²) in [5.41, 5.74) is 0.933. The summed E-state index contributed by atoms with van der Waals surface area (Å²) < 4.78 is 5.98. The summed E-state index contributed by atoms with van der Waals surface area (Å²) >= 11 is 0. The lowest BCUT2D eigenvalue weighted by Crippen LogP contribution is -2.60. The number of aldehydes is 1. The predicted molar refractivity (Wildman–Crippen MR) is 95.3 cm³/mol. The number of rotatable bonds is 4. The van der Waals surface area contributed by atoms with Crippen molar-refractivity contribution in [2.45, 2.75) is 12.8 Å². The lowest BCUT2D eigenvalue weighted by atomic mass is 9.72. The fourth-order valence-corrected chi connectivity index (χ4v) is 3.73. The van der Waals surface area contributed by atoms with Crippen molar-refractivity contribution in [1.29, 1.82) is 0 Å². The van der Waals surface area contributed by atoms with Crippen LogP contribution >= 0.6 is 0 Å². The van der Waals surface area contributed by atoms with Gasteiger partial charge in [0.05, 0.1) is 11.8 Å². The van der Waals surface area contributed by atoms with Gasteiger partial charge in [0.2, 0.25) is 0 Å². The molecular formula is C19H22N4O2. The van der Waals surface area contributed by atoms with Gasteiger partial charge in [-0.2, -0.15) is 0 Å². The van der Waals surface area contributed by atoms with E-state index in [0.717, 1.165) is 38.3 Å². The fraction of sp³-hybridized carbons (Fsp3) is 0.421. The molecule has 0 aliphatic carbocycles. The highest BCUT2D eigenvalue weighted by Crippen LogP contribution is 2.44. The number of likely N-dealkylation sites (tertiary alicyclic amines) is 1. The zero-order chi connectivity index (χ0) is 17.3. The maximum Gasteiger partial charge on any atom is 0.188 e. The number of ether oxygens (including phenoxy) is 1. The normalized spacial score (nSPS) is 19.5. The lowest BCUT2D eigenvalue weighted by Gasteiger charge is -2.54. The third-order valence-corrected chi connectivity index (χ3v) is 5.32. The third-order valence-electron chi connectivity index (χ3n) is 5.32. The summed E-state index contributed by atoms with van der Waals surface area (Å²) in [6, 6.07) is 7.19. The van der Waals surface area contributed by atoms with E-state index in [-0.39, 0.29) is 0 Å². The van der Waals surface area contributed by atoms with Gasteiger partial charge in [-0.1, -0.05) is 12.1 Å². The number of piperidine rings is 1. The van der Waals surface area contributed by atoms with Crippen molar-refractivity contribution < 1.29 is 9.53 Å². The van der Waals surface area contributed by atoms with Crippen molar-refractivity contribution in [1.82, 2.24) is 14.9 Å². The standard InChI is InChI=1S/C19H22N4O2/c1-22-8-6-19(7-9-22)12-23(13-19)18-17(10-20-14-21-18)25-16-5-3-2-4-15(16)11-24/h2-5,10-11,14H,6-9,12-13H2,1H3. The Labute approximate surface area is 147 Å². The average molecular weight is 338 g/mol. The number of carbonyl (C=O) groups excluding carboxylic acids is 1. The number of aromatic nitrogens is 2. The van der Waals surface area contributed by atoms with Crippen molar-refractivity contribution in [2.75, 3.05) is 38.1 Å². The Bertz CT molecular complexity index is 764. The van der Waals surface area contributed by atoms with E-state index >= 15 is 0 Å². The smallest absolute Gasteiger partial charge is 0.188 e. The van der Waals surface area contributed by atoms with Crippen molar-refractivity contribution in [3.63, 3.8) is 0 Å². The Balaban J connectivity index is 1.52. The van der Waals surface area contributed by atoms with Crippen molar-refractivity contribution >= 4 is 12.1 Å². The largest absolute Gasteiger partial charge is 0.451 e. The summed E-state index contributed by atoms with van der Waals surface area (Å²) in [5, 5.41) is 0. The molecule has 2 aliphatic rings. The first-order valence-corrected chi connectivity index (χ1v) is 8.65. The van der Waals surface area contributed by atoms with Gasteiger partial charge >= 0.3 is 0 Å². The van der Waals surface area contributed by atoms with Gasteiger partial charge in [0.1, 0.15) is 12.1 Å². The van der Waals surface area contributed by atoms with Crippen LogP contribution in [0, 0.1) is 5.41 Å². The van der Waals surface area contributed by atoms with Crippen LogP contribution in [0.2, 0.25) is 0 Å². The molecule has 1 aromatic heterocycles. The van der Waals surface area contributed by atoms with Gasteiger partial charge in [-0.05, 0) is 45.1 Å². The minimum absolute atomic E-state index is 0.412. The van der Waals surface area contributed by atoms with Crippen LogP contribution in [0.1, 0.15) is 23.2 Å². The molecule has 0 radical (unpaired) electrons. The highest BCUT2D eigenvalue weighted by Gasteiger charge is 2.45. The number of carbonyl (C=O) groups is 1. The maximum atomic E-state index is 11.2.